The van der Waals surface area contributed by atoms with Crippen molar-refractivity contribution in [2.45, 2.75) is 63.8 Å². The van der Waals surface area contributed by atoms with E-state index in [0.717, 1.165) is 38.5 Å². The van der Waals surface area contributed by atoms with Gasteiger partial charge in [0.15, 0.2) is 5.79 Å². The van der Waals surface area contributed by atoms with E-state index in [9.17, 15) is 4.79 Å². The van der Waals surface area contributed by atoms with Gasteiger partial charge in [-0.3, -0.25) is 4.79 Å². The second kappa shape index (κ2) is 3.08. The molecule has 2 spiro atoms. The van der Waals surface area contributed by atoms with Crippen LogP contribution >= 0.6 is 0 Å². The van der Waals surface area contributed by atoms with Gasteiger partial charge in [0.05, 0.1) is 12.0 Å². The quantitative estimate of drug-likeness (QED) is 0.634. The Morgan fingerprint density at radius 3 is 2.44 bits per heavy atom. The first-order valence-corrected chi connectivity index (χ1v) is 6.37. The van der Waals surface area contributed by atoms with Crippen molar-refractivity contribution in [2.75, 3.05) is 6.61 Å². The maximum atomic E-state index is 12.2. The van der Waals surface area contributed by atoms with Gasteiger partial charge in [-0.15, -0.1) is 0 Å². The topological polar surface area (TPSA) is 35.5 Å². The van der Waals surface area contributed by atoms with Crippen molar-refractivity contribution in [1.29, 1.82) is 0 Å². The van der Waals surface area contributed by atoms with Crippen molar-refractivity contribution in [3.05, 3.63) is 0 Å². The van der Waals surface area contributed by atoms with Crippen molar-refractivity contribution in [1.82, 2.24) is 0 Å². The fraction of sp³-hybridized carbons (Fsp3) is 0.923. The first kappa shape index (κ1) is 10.7. The van der Waals surface area contributed by atoms with Crippen molar-refractivity contribution in [3.63, 3.8) is 0 Å². The zero-order valence-corrected chi connectivity index (χ0v) is 10.2. The third-order valence-corrected chi connectivity index (χ3v) is 4.69. The molecule has 3 rings (SSSR count). The fourth-order valence-electron chi connectivity index (χ4n) is 4.00. The third kappa shape index (κ3) is 1.19. The molecule has 0 aromatic heterocycles. The molecule has 90 valence electrons. The summed E-state index contributed by atoms with van der Waals surface area (Å²) in [5.41, 5.74) is -0.509. The summed E-state index contributed by atoms with van der Waals surface area (Å²) in [6.07, 6.45) is 5.87. The van der Waals surface area contributed by atoms with Gasteiger partial charge in [0, 0.05) is 6.42 Å². The van der Waals surface area contributed by atoms with Crippen LogP contribution in [0, 0.1) is 5.41 Å². The first-order valence-electron chi connectivity index (χ1n) is 6.37. The molecule has 3 heteroatoms. The average Bonchev–Trinajstić information content (AvgIpc) is 2.81. The number of carbonyl (C=O) groups excluding carboxylic acids is 1. The lowest BCUT2D eigenvalue weighted by Gasteiger charge is -2.38. The summed E-state index contributed by atoms with van der Waals surface area (Å²) in [5, 5.41) is 0. The molecule has 3 fully saturated rings. The minimum absolute atomic E-state index is 0.208. The average molecular weight is 224 g/mol. The van der Waals surface area contributed by atoms with Crippen LogP contribution in [0.15, 0.2) is 0 Å². The highest BCUT2D eigenvalue weighted by Crippen LogP contribution is 2.59. The molecule has 3 aliphatic rings. The summed E-state index contributed by atoms with van der Waals surface area (Å²) >= 11 is 0. The van der Waals surface area contributed by atoms with Gasteiger partial charge in [-0.25, -0.2) is 0 Å². The van der Waals surface area contributed by atoms with Gasteiger partial charge in [-0.05, 0) is 46.0 Å². The predicted molar refractivity (Wildman–Crippen MR) is 59.0 cm³/mol. The van der Waals surface area contributed by atoms with Crippen molar-refractivity contribution >= 4 is 5.78 Å². The van der Waals surface area contributed by atoms with Crippen LogP contribution in [0.4, 0.5) is 0 Å². The van der Waals surface area contributed by atoms with E-state index in [1.807, 2.05) is 13.8 Å². The Hall–Kier alpha value is -0.410. The number of carbonyl (C=O) groups is 1. The molecule has 0 aromatic carbocycles. The van der Waals surface area contributed by atoms with E-state index in [1.165, 1.54) is 0 Å². The van der Waals surface area contributed by atoms with Crippen molar-refractivity contribution in [3.8, 4) is 0 Å². The molecule has 2 aliphatic carbocycles. The number of Topliss-reactive ketones (excluding diaryl/α,β-unsaturated/α-hetero) is 1. The molecular weight excluding hydrogens is 204 g/mol. The summed E-state index contributed by atoms with van der Waals surface area (Å²) in [4.78, 5) is 12.2. The highest BCUT2D eigenvalue weighted by atomic mass is 16.8. The van der Waals surface area contributed by atoms with Crippen LogP contribution in [0.1, 0.15) is 52.4 Å². The molecule has 1 saturated heterocycles. The normalized spacial score (nSPS) is 46.2. The van der Waals surface area contributed by atoms with Crippen molar-refractivity contribution in [2.24, 2.45) is 5.41 Å². The molecule has 3 nitrogen and oxygen atoms in total. The lowest BCUT2D eigenvalue weighted by atomic mass is 9.72. The molecule has 0 bridgehead atoms. The smallest absolute Gasteiger partial charge is 0.163 e. The van der Waals surface area contributed by atoms with E-state index in [-0.39, 0.29) is 11.0 Å². The first-order chi connectivity index (χ1) is 7.50. The Kier molecular flexibility index (Phi) is 2.06. The van der Waals surface area contributed by atoms with Gasteiger partial charge in [0.25, 0.3) is 0 Å². The van der Waals surface area contributed by atoms with Crippen LogP contribution in [-0.4, -0.2) is 23.8 Å². The largest absolute Gasteiger partial charge is 0.347 e. The second-order valence-corrected chi connectivity index (χ2v) is 6.00. The SMILES string of the molecule is CC1(C)OC[C@@]2(CCC[C@@]23CCCC3=O)O1. The number of ether oxygens (including phenoxy) is 2. The lowest BCUT2D eigenvalue weighted by molar-refractivity contribution is -0.184. The fourth-order valence-corrected chi connectivity index (χ4v) is 4.00. The van der Waals surface area contributed by atoms with E-state index in [0.29, 0.717) is 12.4 Å². The van der Waals surface area contributed by atoms with Gasteiger partial charge < -0.3 is 9.47 Å². The molecular formula is C13H20O3. The minimum atomic E-state index is -0.514. The molecule has 2 atom stereocenters. The summed E-state index contributed by atoms with van der Waals surface area (Å²) in [5.74, 6) is -0.0912. The van der Waals surface area contributed by atoms with Crippen LogP contribution in [0.5, 0.6) is 0 Å². The molecule has 1 heterocycles. The van der Waals surface area contributed by atoms with Crippen LogP contribution in [0.3, 0.4) is 0 Å². The molecule has 16 heavy (non-hydrogen) atoms. The van der Waals surface area contributed by atoms with Crippen molar-refractivity contribution < 1.29 is 14.3 Å². The maximum absolute atomic E-state index is 12.2. The summed E-state index contributed by atoms with van der Waals surface area (Å²) < 4.78 is 11.9. The zero-order valence-electron chi connectivity index (χ0n) is 10.2. The Balaban J connectivity index is 1.98. The molecule has 0 unspecified atom stereocenters. The summed E-state index contributed by atoms with van der Waals surface area (Å²) in [7, 11) is 0. The molecule has 1 aliphatic heterocycles. The van der Waals surface area contributed by atoms with E-state index in [1.54, 1.807) is 0 Å². The van der Waals surface area contributed by atoms with Crippen LogP contribution in [0.2, 0.25) is 0 Å². The highest BCUT2D eigenvalue weighted by Gasteiger charge is 2.65. The second-order valence-electron chi connectivity index (χ2n) is 6.00. The van der Waals surface area contributed by atoms with Gasteiger partial charge in [-0.1, -0.05) is 0 Å². The lowest BCUT2D eigenvalue weighted by Crippen LogP contribution is -2.49. The predicted octanol–water partition coefficient (Wildman–Crippen LogP) is 2.43. The van der Waals surface area contributed by atoms with Gasteiger partial charge in [0.1, 0.15) is 11.4 Å². The molecule has 0 N–H and O–H groups in total. The number of hydrogen-bond acceptors (Lipinski definition) is 3. The maximum Gasteiger partial charge on any atom is 0.163 e. The number of ketones is 1. The number of rotatable bonds is 0. The zero-order chi connectivity index (χ0) is 11.4. The molecule has 0 aromatic rings. The summed E-state index contributed by atoms with van der Waals surface area (Å²) in [6, 6.07) is 0. The van der Waals surface area contributed by atoms with Crippen LogP contribution < -0.4 is 0 Å². The monoisotopic (exact) mass is 224 g/mol. The third-order valence-electron chi connectivity index (χ3n) is 4.69. The molecule has 0 amide bonds. The van der Waals surface area contributed by atoms with E-state index in [2.05, 4.69) is 0 Å². The number of hydrogen-bond donors (Lipinski definition) is 0. The Morgan fingerprint density at radius 1 is 1.12 bits per heavy atom. The van der Waals surface area contributed by atoms with E-state index < -0.39 is 5.79 Å². The minimum Gasteiger partial charge on any atom is -0.347 e. The summed E-state index contributed by atoms with van der Waals surface area (Å²) in [6.45, 7) is 4.51. The Morgan fingerprint density at radius 2 is 1.88 bits per heavy atom. The highest BCUT2D eigenvalue weighted by molar-refractivity contribution is 5.88. The number of fused-ring (bicyclic) bond motifs is 1. The van der Waals surface area contributed by atoms with E-state index >= 15 is 0 Å². The molecule has 2 saturated carbocycles. The van der Waals surface area contributed by atoms with Gasteiger partial charge in [-0.2, -0.15) is 0 Å². The van der Waals surface area contributed by atoms with E-state index in [4.69, 9.17) is 9.47 Å². The molecule has 0 radical (unpaired) electrons. The van der Waals surface area contributed by atoms with Gasteiger partial charge in [0.2, 0.25) is 0 Å². The standard InChI is InChI=1S/C13H20O3/c1-11(2)15-9-13(16-11)8-4-7-12(13)6-3-5-10(12)14/h3-9H2,1-2H3/t12-,13-/m1/s1. The Bertz CT molecular complexity index is 332. The van der Waals surface area contributed by atoms with Gasteiger partial charge >= 0.3 is 0 Å². The Labute approximate surface area is 96.5 Å². The van der Waals surface area contributed by atoms with Crippen LogP contribution in [-0.2, 0) is 14.3 Å². The van der Waals surface area contributed by atoms with Crippen LogP contribution in [0.25, 0.3) is 0 Å².